The maximum absolute atomic E-state index is 13.3. The van der Waals surface area contributed by atoms with Crippen LogP contribution in [0.1, 0.15) is 48.8 Å². The summed E-state index contributed by atoms with van der Waals surface area (Å²) in [6.07, 6.45) is 1.39. The highest BCUT2D eigenvalue weighted by Crippen LogP contribution is 2.33. The van der Waals surface area contributed by atoms with Crippen molar-refractivity contribution < 1.29 is 34.0 Å². The molecule has 0 aliphatic heterocycles. The largest absolute Gasteiger partial charge is 0.504 e. The maximum atomic E-state index is 13.3. The number of phenolic OH excluding ortho intramolecular Hbond substituents is 2. The Morgan fingerprint density at radius 1 is 0.811 bits per heavy atom. The van der Waals surface area contributed by atoms with Crippen molar-refractivity contribution in [3.8, 4) is 23.0 Å². The van der Waals surface area contributed by atoms with Crippen LogP contribution in [0.15, 0.2) is 66.7 Å². The van der Waals surface area contributed by atoms with Crippen molar-refractivity contribution >= 4 is 11.8 Å². The van der Waals surface area contributed by atoms with Crippen molar-refractivity contribution in [3.63, 3.8) is 0 Å². The van der Waals surface area contributed by atoms with Crippen LogP contribution < -0.4 is 9.47 Å². The van der Waals surface area contributed by atoms with E-state index in [1.165, 1.54) is 21.1 Å². The van der Waals surface area contributed by atoms with Crippen LogP contribution in [0.2, 0.25) is 0 Å². The zero-order valence-corrected chi connectivity index (χ0v) is 21.5. The summed E-state index contributed by atoms with van der Waals surface area (Å²) in [4.78, 5) is 25.0. The summed E-state index contributed by atoms with van der Waals surface area (Å²) in [6.45, 7) is 1.34. The van der Waals surface area contributed by atoms with E-state index in [-0.39, 0.29) is 36.0 Å². The van der Waals surface area contributed by atoms with Crippen LogP contribution in [0.4, 0.5) is 0 Å². The number of phenols is 2. The van der Waals surface area contributed by atoms with E-state index in [2.05, 4.69) is 0 Å². The molecule has 2 N–H and O–H groups in total. The Labute approximate surface area is 217 Å². The van der Waals surface area contributed by atoms with E-state index >= 15 is 0 Å². The number of benzene rings is 3. The Morgan fingerprint density at radius 2 is 1.46 bits per heavy atom. The summed E-state index contributed by atoms with van der Waals surface area (Å²) in [5.41, 5.74) is 2.87. The van der Waals surface area contributed by atoms with Gasteiger partial charge in [0.25, 0.3) is 0 Å². The van der Waals surface area contributed by atoms with Crippen LogP contribution in [0, 0.1) is 0 Å². The normalized spacial score (nSPS) is 12.4. The summed E-state index contributed by atoms with van der Waals surface area (Å²) < 4.78 is 15.9. The SMILES string of the molecule is COc1cc(CCC(CC(=O)CC(Cc2ccccc2)c2ccc(O)c(OC)c2)OC(C)=O)ccc1O. The number of aromatic hydroxyl groups is 2. The Morgan fingerprint density at radius 3 is 2.11 bits per heavy atom. The molecule has 37 heavy (non-hydrogen) atoms. The Bertz CT molecular complexity index is 1190. The number of esters is 1. The minimum Gasteiger partial charge on any atom is -0.504 e. The molecule has 0 radical (unpaired) electrons. The molecule has 0 aliphatic rings. The van der Waals surface area contributed by atoms with Gasteiger partial charge in [-0.25, -0.2) is 0 Å². The third-order valence-corrected chi connectivity index (χ3v) is 6.26. The highest BCUT2D eigenvalue weighted by molar-refractivity contribution is 5.80. The number of methoxy groups -OCH3 is 2. The third kappa shape index (κ3) is 8.27. The van der Waals surface area contributed by atoms with Crippen LogP contribution in [0.3, 0.4) is 0 Å². The van der Waals surface area contributed by atoms with Gasteiger partial charge < -0.3 is 24.4 Å². The van der Waals surface area contributed by atoms with E-state index in [1.54, 1.807) is 36.4 Å². The molecule has 0 bridgehead atoms. The van der Waals surface area contributed by atoms with E-state index in [0.717, 1.165) is 16.7 Å². The van der Waals surface area contributed by atoms with E-state index < -0.39 is 12.1 Å². The van der Waals surface area contributed by atoms with E-state index in [9.17, 15) is 19.8 Å². The summed E-state index contributed by atoms with van der Waals surface area (Å²) in [5.74, 6) is 0.192. The Hall–Kier alpha value is -4.00. The first-order valence-electron chi connectivity index (χ1n) is 12.2. The van der Waals surface area contributed by atoms with Crippen LogP contribution in [-0.2, 0) is 27.2 Å². The molecular formula is C30H34O7. The quantitative estimate of drug-likeness (QED) is 0.301. The van der Waals surface area contributed by atoms with Crippen molar-refractivity contribution in [2.75, 3.05) is 14.2 Å². The zero-order chi connectivity index (χ0) is 26.8. The number of hydrogen-bond acceptors (Lipinski definition) is 7. The molecule has 3 aromatic rings. The molecule has 0 aromatic heterocycles. The summed E-state index contributed by atoms with van der Waals surface area (Å²) in [5, 5.41) is 19.9. The molecule has 3 rings (SSSR count). The van der Waals surface area contributed by atoms with Crippen LogP contribution >= 0.6 is 0 Å². The molecule has 0 aliphatic carbocycles. The molecular weight excluding hydrogens is 472 g/mol. The lowest BCUT2D eigenvalue weighted by molar-refractivity contribution is -0.147. The fourth-order valence-corrected chi connectivity index (χ4v) is 4.41. The first-order chi connectivity index (χ1) is 17.8. The number of carbonyl (C=O) groups is 2. The van der Waals surface area contributed by atoms with Crippen molar-refractivity contribution in [3.05, 3.63) is 83.4 Å². The standard InChI is InChI=1S/C30H34O7/c1-20(31)37-26(12-9-22-10-13-27(33)29(16-22)35-2)19-25(32)17-24(15-21-7-5-4-6-8-21)23-11-14-28(34)30(18-23)36-3/h4-8,10-11,13-14,16,18,24,26,33-34H,9,12,15,17,19H2,1-3H3. The summed E-state index contributed by atoms with van der Waals surface area (Å²) >= 11 is 0. The molecule has 0 saturated carbocycles. The number of aryl methyl sites for hydroxylation is 1. The van der Waals surface area contributed by atoms with Gasteiger partial charge in [0.05, 0.1) is 14.2 Å². The van der Waals surface area contributed by atoms with E-state index in [4.69, 9.17) is 14.2 Å². The van der Waals surface area contributed by atoms with Gasteiger partial charge in [0.15, 0.2) is 23.0 Å². The molecule has 0 heterocycles. The van der Waals surface area contributed by atoms with Crippen LogP contribution in [0.25, 0.3) is 0 Å². The number of ketones is 1. The number of hydrogen-bond donors (Lipinski definition) is 2. The average molecular weight is 507 g/mol. The van der Waals surface area contributed by atoms with Crippen LogP contribution in [-0.4, -0.2) is 42.3 Å². The molecule has 3 aromatic carbocycles. The summed E-state index contributed by atoms with van der Waals surface area (Å²) in [7, 11) is 2.97. The second kappa shape index (κ2) is 13.3. The van der Waals surface area contributed by atoms with Gasteiger partial charge in [-0.15, -0.1) is 0 Å². The lowest BCUT2D eigenvalue weighted by Crippen LogP contribution is -2.22. The lowest BCUT2D eigenvalue weighted by atomic mass is 9.86. The molecule has 7 nitrogen and oxygen atoms in total. The minimum atomic E-state index is -0.573. The van der Waals surface area contributed by atoms with Crippen LogP contribution in [0.5, 0.6) is 23.0 Å². The van der Waals surface area contributed by atoms with Crippen molar-refractivity contribution in [2.24, 2.45) is 0 Å². The number of Topliss-reactive ketones (excluding diaryl/α,β-unsaturated/α-hetero) is 1. The smallest absolute Gasteiger partial charge is 0.302 e. The predicted octanol–water partition coefficient (Wildman–Crippen LogP) is 5.36. The molecule has 0 spiro atoms. The van der Waals surface area contributed by atoms with Crippen molar-refractivity contribution in [1.29, 1.82) is 0 Å². The van der Waals surface area contributed by atoms with Gasteiger partial charge in [0, 0.05) is 19.8 Å². The lowest BCUT2D eigenvalue weighted by Gasteiger charge is -2.21. The monoisotopic (exact) mass is 506 g/mol. The highest BCUT2D eigenvalue weighted by Gasteiger charge is 2.23. The van der Waals surface area contributed by atoms with Gasteiger partial charge in [-0.3, -0.25) is 9.59 Å². The number of rotatable bonds is 13. The van der Waals surface area contributed by atoms with E-state index in [1.807, 2.05) is 30.3 Å². The zero-order valence-electron chi connectivity index (χ0n) is 21.5. The Balaban J connectivity index is 1.74. The Kier molecular flexibility index (Phi) is 9.95. The van der Waals surface area contributed by atoms with Gasteiger partial charge in [-0.05, 0) is 66.1 Å². The molecule has 7 heteroatoms. The third-order valence-electron chi connectivity index (χ3n) is 6.26. The maximum Gasteiger partial charge on any atom is 0.302 e. The molecule has 2 atom stereocenters. The predicted molar refractivity (Wildman–Crippen MR) is 140 cm³/mol. The van der Waals surface area contributed by atoms with Gasteiger partial charge >= 0.3 is 5.97 Å². The van der Waals surface area contributed by atoms with Crippen molar-refractivity contribution in [2.45, 2.75) is 51.0 Å². The first-order valence-corrected chi connectivity index (χ1v) is 12.2. The highest BCUT2D eigenvalue weighted by atomic mass is 16.5. The first kappa shape index (κ1) is 27.6. The van der Waals surface area contributed by atoms with Gasteiger partial charge in [0.1, 0.15) is 11.9 Å². The average Bonchev–Trinajstić information content (AvgIpc) is 2.88. The fraction of sp³-hybridized carbons (Fsp3) is 0.333. The molecule has 2 unspecified atom stereocenters. The van der Waals surface area contributed by atoms with E-state index in [0.29, 0.717) is 30.8 Å². The molecule has 0 fully saturated rings. The second-order valence-corrected chi connectivity index (χ2v) is 9.04. The second-order valence-electron chi connectivity index (χ2n) is 9.04. The minimum absolute atomic E-state index is 0.0255. The summed E-state index contributed by atoms with van der Waals surface area (Å²) in [6, 6.07) is 20.1. The molecule has 0 saturated heterocycles. The van der Waals surface area contributed by atoms with Gasteiger partial charge in [-0.1, -0.05) is 42.5 Å². The van der Waals surface area contributed by atoms with Crippen molar-refractivity contribution in [1.82, 2.24) is 0 Å². The van der Waals surface area contributed by atoms with Gasteiger partial charge in [-0.2, -0.15) is 0 Å². The molecule has 196 valence electrons. The number of carbonyl (C=O) groups excluding carboxylic acids is 2. The number of ether oxygens (including phenoxy) is 3. The van der Waals surface area contributed by atoms with Gasteiger partial charge in [0.2, 0.25) is 0 Å². The fourth-order valence-electron chi connectivity index (χ4n) is 4.41. The molecule has 0 amide bonds. The topological polar surface area (TPSA) is 102 Å².